The number of carbonyl (C=O) groups is 1. The van der Waals surface area contributed by atoms with E-state index >= 15 is 0 Å². The van der Waals surface area contributed by atoms with Gasteiger partial charge in [0.2, 0.25) is 0 Å². The van der Waals surface area contributed by atoms with Crippen LogP contribution >= 0.6 is 0 Å². The van der Waals surface area contributed by atoms with Crippen molar-refractivity contribution in [3.8, 4) is 5.75 Å². The Hall–Kier alpha value is -1.55. The summed E-state index contributed by atoms with van der Waals surface area (Å²) >= 11 is 0. The molecule has 1 aromatic rings. The summed E-state index contributed by atoms with van der Waals surface area (Å²) in [6.07, 6.45) is 1.01. The van der Waals surface area contributed by atoms with Crippen LogP contribution in [0, 0.1) is 0 Å². The molecule has 0 radical (unpaired) electrons. The second-order valence-corrected chi connectivity index (χ2v) is 4.49. The van der Waals surface area contributed by atoms with Gasteiger partial charge in [0.1, 0.15) is 5.75 Å². The first kappa shape index (κ1) is 12.9. The highest BCUT2D eigenvalue weighted by atomic mass is 16.5. The second kappa shape index (κ2) is 5.87. The van der Waals surface area contributed by atoms with Crippen LogP contribution in [0.4, 0.5) is 0 Å². The van der Waals surface area contributed by atoms with Crippen molar-refractivity contribution in [1.82, 2.24) is 10.2 Å². The summed E-state index contributed by atoms with van der Waals surface area (Å²) in [6, 6.07) is 7.71. The zero-order valence-electron chi connectivity index (χ0n) is 11.0. The predicted octanol–water partition coefficient (Wildman–Crippen LogP) is 1.52. The third-order valence-corrected chi connectivity index (χ3v) is 3.32. The first-order valence-corrected chi connectivity index (χ1v) is 6.43. The molecule has 0 unspecified atom stereocenters. The Morgan fingerprint density at radius 1 is 1.50 bits per heavy atom. The molecule has 0 aliphatic carbocycles. The fraction of sp³-hybridized carbons (Fsp3) is 0.500. The molecule has 0 aromatic heterocycles. The number of amides is 1. The van der Waals surface area contributed by atoms with E-state index in [-0.39, 0.29) is 11.9 Å². The summed E-state index contributed by atoms with van der Waals surface area (Å²) in [4.78, 5) is 14.3. The number of nitrogens with zero attached hydrogens (tertiary/aromatic N) is 1. The Balaban J connectivity index is 2.16. The van der Waals surface area contributed by atoms with Crippen molar-refractivity contribution in [2.24, 2.45) is 0 Å². The molecule has 1 heterocycles. The number of benzene rings is 1. The molecule has 1 saturated heterocycles. The lowest BCUT2D eigenvalue weighted by Crippen LogP contribution is -2.38. The Kier molecular flexibility index (Phi) is 4.20. The molecule has 4 heteroatoms. The van der Waals surface area contributed by atoms with Gasteiger partial charge in [-0.05, 0) is 32.0 Å². The second-order valence-electron chi connectivity index (χ2n) is 4.49. The van der Waals surface area contributed by atoms with E-state index < -0.39 is 0 Å². The number of nitrogens with one attached hydrogen (secondary N) is 1. The molecule has 1 aliphatic heterocycles. The third-order valence-electron chi connectivity index (χ3n) is 3.32. The molecular formula is C14H20N2O2. The molecule has 4 nitrogen and oxygen atoms in total. The molecule has 1 aromatic carbocycles. The fourth-order valence-corrected chi connectivity index (χ4v) is 2.25. The van der Waals surface area contributed by atoms with Gasteiger partial charge in [0.15, 0.2) is 0 Å². The number of hydrogen-bond acceptors (Lipinski definition) is 3. The van der Waals surface area contributed by atoms with Gasteiger partial charge in [0, 0.05) is 19.6 Å². The highest BCUT2D eigenvalue weighted by molar-refractivity contribution is 5.97. The lowest BCUT2D eigenvalue weighted by Gasteiger charge is -2.24. The van der Waals surface area contributed by atoms with Crippen molar-refractivity contribution in [2.45, 2.75) is 19.4 Å². The van der Waals surface area contributed by atoms with E-state index in [1.165, 1.54) is 0 Å². The molecule has 0 bridgehead atoms. The topological polar surface area (TPSA) is 41.6 Å². The van der Waals surface area contributed by atoms with E-state index in [9.17, 15) is 4.79 Å². The lowest BCUT2D eigenvalue weighted by atomic mass is 10.1. The minimum Gasteiger partial charge on any atom is -0.493 e. The smallest absolute Gasteiger partial charge is 0.257 e. The standard InChI is InChI=1S/C14H20N2O2/c1-3-18-13-7-5-4-6-12(13)14(17)16(2)11-8-9-15-10-11/h4-7,11,15H,3,8-10H2,1-2H3/t11-/m0/s1. The quantitative estimate of drug-likeness (QED) is 0.878. The van der Waals surface area contributed by atoms with Crippen LogP contribution < -0.4 is 10.1 Å². The van der Waals surface area contributed by atoms with Gasteiger partial charge in [-0.15, -0.1) is 0 Å². The fourth-order valence-electron chi connectivity index (χ4n) is 2.25. The van der Waals surface area contributed by atoms with Crippen LogP contribution in [0.15, 0.2) is 24.3 Å². The molecule has 1 amide bonds. The van der Waals surface area contributed by atoms with Gasteiger partial charge in [-0.1, -0.05) is 12.1 Å². The predicted molar refractivity (Wildman–Crippen MR) is 71.0 cm³/mol. The van der Waals surface area contributed by atoms with Crippen LogP contribution in [-0.2, 0) is 0 Å². The zero-order chi connectivity index (χ0) is 13.0. The van der Waals surface area contributed by atoms with Crippen molar-refractivity contribution < 1.29 is 9.53 Å². The molecule has 1 aliphatic rings. The summed E-state index contributed by atoms with van der Waals surface area (Å²) in [7, 11) is 1.86. The van der Waals surface area contributed by atoms with Gasteiger partial charge in [-0.2, -0.15) is 0 Å². The number of likely N-dealkylation sites (N-methyl/N-ethyl adjacent to an activating group) is 1. The summed E-state index contributed by atoms with van der Waals surface area (Å²) in [6.45, 7) is 4.35. The average Bonchev–Trinajstić information content (AvgIpc) is 2.92. The van der Waals surface area contributed by atoms with E-state index in [1.807, 2.05) is 43.1 Å². The highest BCUT2D eigenvalue weighted by Crippen LogP contribution is 2.21. The third kappa shape index (κ3) is 2.64. The first-order valence-electron chi connectivity index (χ1n) is 6.43. The molecule has 1 fully saturated rings. The van der Waals surface area contributed by atoms with Crippen LogP contribution in [-0.4, -0.2) is 43.6 Å². The normalized spacial score (nSPS) is 18.7. The van der Waals surface area contributed by atoms with Crippen LogP contribution in [0.5, 0.6) is 5.75 Å². The van der Waals surface area contributed by atoms with Crippen LogP contribution in [0.1, 0.15) is 23.7 Å². The van der Waals surface area contributed by atoms with Crippen LogP contribution in [0.2, 0.25) is 0 Å². The van der Waals surface area contributed by atoms with E-state index in [0.717, 1.165) is 19.5 Å². The summed E-state index contributed by atoms with van der Waals surface area (Å²) in [5.74, 6) is 0.704. The molecule has 0 saturated carbocycles. The number of carbonyl (C=O) groups excluding carboxylic acids is 1. The van der Waals surface area contributed by atoms with Crippen molar-refractivity contribution >= 4 is 5.91 Å². The van der Waals surface area contributed by atoms with Gasteiger partial charge in [-0.25, -0.2) is 0 Å². The number of ether oxygens (including phenoxy) is 1. The zero-order valence-corrected chi connectivity index (χ0v) is 11.0. The van der Waals surface area contributed by atoms with Gasteiger partial charge in [-0.3, -0.25) is 4.79 Å². The van der Waals surface area contributed by atoms with Crippen LogP contribution in [0.3, 0.4) is 0 Å². The molecule has 1 N–H and O–H groups in total. The number of rotatable bonds is 4. The Morgan fingerprint density at radius 3 is 2.94 bits per heavy atom. The molecule has 2 rings (SSSR count). The van der Waals surface area contributed by atoms with Crippen molar-refractivity contribution in [3.63, 3.8) is 0 Å². The summed E-state index contributed by atoms with van der Waals surface area (Å²) < 4.78 is 5.51. The molecule has 1 atom stereocenters. The lowest BCUT2D eigenvalue weighted by molar-refractivity contribution is 0.0739. The maximum absolute atomic E-state index is 12.4. The minimum absolute atomic E-state index is 0.0350. The number of hydrogen-bond donors (Lipinski definition) is 1. The Bertz CT molecular complexity index is 414. The van der Waals surface area contributed by atoms with Crippen molar-refractivity contribution in [3.05, 3.63) is 29.8 Å². The molecular weight excluding hydrogens is 228 g/mol. The molecule has 98 valence electrons. The maximum Gasteiger partial charge on any atom is 0.257 e. The summed E-state index contributed by atoms with van der Waals surface area (Å²) in [5.41, 5.74) is 0.647. The maximum atomic E-state index is 12.4. The highest BCUT2D eigenvalue weighted by Gasteiger charge is 2.25. The van der Waals surface area contributed by atoms with Crippen LogP contribution in [0.25, 0.3) is 0 Å². The van der Waals surface area contributed by atoms with E-state index in [2.05, 4.69) is 5.32 Å². The van der Waals surface area contributed by atoms with Gasteiger partial charge < -0.3 is 15.0 Å². The molecule has 18 heavy (non-hydrogen) atoms. The number of para-hydroxylation sites is 1. The SMILES string of the molecule is CCOc1ccccc1C(=O)N(C)[C@H]1CCNC1. The average molecular weight is 248 g/mol. The van der Waals surface area contributed by atoms with Crippen molar-refractivity contribution in [1.29, 1.82) is 0 Å². The van der Waals surface area contributed by atoms with Gasteiger partial charge in [0.05, 0.1) is 12.2 Å². The molecule has 0 spiro atoms. The van der Waals surface area contributed by atoms with E-state index in [1.54, 1.807) is 0 Å². The minimum atomic E-state index is 0.0350. The van der Waals surface area contributed by atoms with Gasteiger partial charge in [0.25, 0.3) is 5.91 Å². The van der Waals surface area contributed by atoms with E-state index in [4.69, 9.17) is 4.74 Å². The first-order chi connectivity index (χ1) is 8.74. The Labute approximate surface area is 108 Å². The van der Waals surface area contributed by atoms with Crippen molar-refractivity contribution in [2.75, 3.05) is 26.7 Å². The monoisotopic (exact) mass is 248 g/mol. The summed E-state index contributed by atoms with van der Waals surface area (Å²) in [5, 5.41) is 3.27. The van der Waals surface area contributed by atoms with E-state index in [0.29, 0.717) is 17.9 Å². The van der Waals surface area contributed by atoms with Gasteiger partial charge >= 0.3 is 0 Å². The Morgan fingerprint density at radius 2 is 2.28 bits per heavy atom. The largest absolute Gasteiger partial charge is 0.493 e.